The molecule has 3 heterocycles. The lowest BCUT2D eigenvalue weighted by molar-refractivity contribution is 0.0697. The minimum atomic E-state index is -0.999. The Balaban J connectivity index is 1.58. The zero-order valence-corrected chi connectivity index (χ0v) is 14.9. The van der Waals surface area contributed by atoms with Crippen molar-refractivity contribution in [1.29, 1.82) is 0 Å². The Kier molecular flexibility index (Phi) is 4.53. The number of aromatic carboxylic acids is 1. The van der Waals surface area contributed by atoms with Crippen LogP contribution < -0.4 is 4.90 Å². The summed E-state index contributed by atoms with van der Waals surface area (Å²) in [6.07, 6.45) is 7.35. The molecule has 0 atom stereocenters. The van der Waals surface area contributed by atoms with E-state index in [1.165, 1.54) is 23.9 Å². The minimum absolute atomic E-state index is 0.169. The average molecular weight is 365 g/mol. The van der Waals surface area contributed by atoms with Gasteiger partial charge in [-0.25, -0.2) is 14.8 Å². The van der Waals surface area contributed by atoms with Gasteiger partial charge in [-0.2, -0.15) is 0 Å². The Hall–Kier alpha value is -3.29. The number of aryl methyl sites for hydroxylation is 1. The number of nitrogens with zero attached hydrogens (tertiary/aromatic N) is 5. The number of fused-ring (bicyclic) bond motifs is 1. The Morgan fingerprint density at radius 1 is 1.19 bits per heavy atom. The molecule has 1 aliphatic rings. The number of aromatic nitrogens is 4. The quantitative estimate of drug-likeness (QED) is 0.736. The largest absolute Gasteiger partial charge is 0.478 e. The van der Waals surface area contributed by atoms with Crippen LogP contribution in [0.4, 0.5) is 5.95 Å². The van der Waals surface area contributed by atoms with Gasteiger partial charge in [0.2, 0.25) is 5.95 Å². The Bertz CT molecular complexity index is 985. The van der Waals surface area contributed by atoms with Crippen molar-refractivity contribution in [3.63, 3.8) is 0 Å². The van der Waals surface area contributed by atoms with Gasteiger partial charge < -0.3 is 14.5 Å². The summed E-state index contributed by atoms with van der Waals surface area (Å²) in [5.41, 5.74) is 3.36. The van der Waals surface area contributed by atoms with Crippen LogP contribution >= 0.6 is 0 Å². The van der Waals surface area contributed by atoms with Crippen LogP contribution in [0.15, 0.2) is 35.1 Å². The summed E-state index contributed by atoms with van der Waals surface area (Å²) < 4.78 is 5.47. The van der Waals surface area contributed by atoms with Crippen LogP contribution in [0.2, 0.25) is 0 Å². The summed E-state index contributed by atoms with van der Waals surface area (Å²) in [6.45, 7) is 0.547. The second-order valence-electron chi connectivity index (χ2n) is 6.57. The van der Waals surface area contributed by atoms with E-state index in [0.717, 1.165) is 37.1 Å². The van der Waals surface area contributed by atoms with E-state index in [1.54, 1.807) is 12.3 Å². The molecular weight excluding hydrogens is 346 g/mol. The van der Waals surface area contributed by atoms with Gasteiger partial charge in [-0.15, -0.1) is 0 Å². The van der Waals surface area contributed by atoms with Crippen LogP contribution in [0.3, 0.4) is 0 Å². The van der Waals surface area contributed by atoms with Crippen molar-refractivity contribution in [2.24, 2.45) is 0 Å². The van der Waals surface area contributed by atoms with Gasteiger partial charge in [0.25, 0.3) is 0 Å². The highest BCUT2D eigenvalue weighted by molar-refractivity contribution is 5.88. The maximum atomic E-state index is 11.2. The molecule has 1 aliphatic carbocycles. The van der Waals surface area contributed by atoms with Crippen LogP contribution in [-0.4, -0.2) is 38.2 Å². The number of carbonyl (C=O) groups is 1. The summed E-state index contributed by atoms with van der Waals surface area (Å²) >= 11 is 0. The summed E-state index contributed by atoms with van der Waals surface area (Å²) in [6, 6.07) is 4.67. The highest BCUT2D eigenvalue weighted by Gasteiger charge is 2.21. The van der Waals surface area contributed by atoms with E-state index >= 15 is 0 Å². The van der Waals surface area contributed by atoms with Crippen LogP contribution in [-0.2, 0) is 19.4 Å². The van der Waals surface area contributed by atoms with E-state index in [0.29, 0.717) is 23.9 Å². The predicted molar refractivity (Wildman–Crippen MR) is 97.5 cm³/mol. The Morgan fingerprint density at radius 3 is 2.85 bits per heavy atom. The van der Waals surface area contributed by atoms with E-state index in [4.69, 9.17) is 9.63 Å². The number of carboxylic acid groups (broad SMARTS) is 1. The van der Waals surface area contributed by atoms with Crippen LogP contribution in [0, 0.1) is 0 Å². The molecule has 27 heavy (non-hydrogen) atoms. The SMILES string of the molecule is CN(Cc1noc2c1CCCC2)c1nccc(-c2cc(C(=O)O)ccn2)n1. The molecule has 0 aromatic carbocycles. The summed E-state index contributed by atoms with van der Waals surface area (Å²) in [7, 11) is 1.89. The fourth-order valence-electron chi connectivity index (χ4n) is 3.25. The fourth-order valence-corrected chi connectivity index (χ4v) is 3.25. The molecule has 0 aliphatic heterocycles. The first-order chi connectivity index (χ1) is 13.1. The van der Waals surface area contributed by atoms with E-state index in [9.17, 15) is 4.79 Å². The van der Waals surface area contributed by atoms with Crippen molar-refractivity contribution < 1.29 is 14.4 Å². The molecular formula is C19H19N5O3. The predicted octanol–water partition coefficient (Wildman–Crippen LogP) is 2.74. The van der Waals surface area contributed by atoms with Crippen molar-refractivity contribution in [1.82, 2.24) is 20.1 Å². The smallest absolute Gasteiger partial charge is 0.335 e. The van der Waals surface area contributed by atoms with Gasteiger partial charge in [-0.3, -0.25) is 4.98 Å². The van der Waals surface area contributed by atoms with E-state index in [-0.39, 0.29) is 5.56 Å². The molecule has 3 aromatic rings. The number of anilines is 1. The van der Waals surface area contributed by atoms with Gasteiger partial charge in [0.15, 0.2) is 0 Å². The third kappa shape index (κ3) is 3.51. The first-order valence-electron chi connectivity index (χ1n) is 8.82. The molecule has 0 saturated carbocycles. The molecule has 0 unspecified atom stereocenters. The molecule has 0 fully saturated rings. The van der Waals surface area contributed by atoms with Gasteiger partial charge in [0.05, 0.1) is 23.5 Å². The van der Waals surface area contributed by atoms with Crippen molar-refractivity contribution >= 4 is 11.9 Å². The molecule has 0 amide bonds. The van der Waals surface area contributed by atoms with Crippen LogP contribution in [0.5, 0.6) is 0 Å². The average Bonchev–Trinajstić information content (AvgIpc) is 3.11. The van der Waals surface area contributed by atoms with Gasteiger partial charge >= 0.3 is 5.97 Å². The van der Waals surface area contributed by atoms with Gasteiger partial charge in [-0.05, 0) is 37.5 Å². The zero-order valence-electron chi connectivity index (χ0n) is 14.9. The van der Waals surface area contributed by atoms with Crippen molar-refractivity contribution in [2.45, 2.75) is 32.2 Å². The number of hydrogen-bond acceptors (Lipinski definition) is 7. The molecule has 0 saturated heterocycles. The molecule has 0 radical (unpaired) electrons. The van der Waals surface area contributed by atoms with Crippen LogP contribution in [0.1, 0.15) is 40.2 Å². The lowest BCUT2D eigenvalue weighted by Gasteiger charge is -2.17. The standard InChI is InChI=1S/C19H19N5O3/c1-24(11-16-13-4-2-3-5-17(13)27-23-16)19-21-9-7-14(22-19)15-10-12(18(25)26)6-8-20-15/h6-10H,2-5,11H2,1H3,(H,25,26). The number of carboxylic acids is 1. The van der Waals surface area contributed by atoms with Crippen molar-refractivity contribution in [3.8, 4) is 11.4 Å². The lowest BCUT2D eigenvalue weighted by Crippen LogP contribution is -2.20. The first kappa shape index (κ1) is 17.1. The monoisotopic (exact) mass is 365 g/mol. The minimum Gasteiger partial charge on any atom is -0.478 e. The maximum Gasteiger partial charge on any atom is 0.335 e. The molecule has 3 aromatic heterocycles. The highest BCUT2D eigenvalue weighted by atomic mass is 16.5. The summed E-state index contributed by atoms with van der Waals surface area (Å²) in [5.74, 6) is 0.512. The fraction of sp³-hybridized carbons (Fsp3) is 0.316. The Morgan fingerprint density at radius 2 is 2.00 bits per heavy atom. The third-order valence-electron chi connectivity index (χ3n) is 4.67. The molecule has 8 heteroatoms. The van der Waals surface area contributed by atoms with E-state index in [1.807, 2.05) is 11.9 Å². The number of hydrogen-bond donors (Lipinski definition) is 1. The number of pyridine rings is 1. The topological polar surface area (TPSA) is 105 Å². The first-order valence-corrected chi connectivity index (χ1v) is 8.82. The molecule has 4 rings (SSSR count). The van der Waals surface area contributed by atoms with Crippen molar-refractivity contribution in [3.05, 3.63) is 53.2 Å². The molecule has 0 bridgehead atoms. The molecule has 8 nitrogen and oxygen atoms in total. The molecule has 0 spiro atoms. The van der Waals surface area contributed by atoms with Gasteiger partial charge in [0.1, 0.15) is 11.5 Å². The van der Waals surface area contributed by atoms with Crippen LogP contribution in [0.25, 0.3) is 11.4 Å². The lowest BCUT2D eigenvalue weighted by atomic mass is 9.96. The van der Waals surface area contributed by atoms with Gasteiger partial charge in [0, 0.05) is 31.4 Å². The maximum absolute atomic E-state index is 11.2. The molecule has 1 N–H and O–H groups in total. The van der Waals surface area contributed by atoms with E-state index < -0.39 is 5.97 Å². The number of rotatable bonds is 5. The second kappa shape index (κ2) is 7.14. The van der Waals surface area contributed by atoms with Gasteiger partial charge in [-0.1, -0.05) is 5.16 Å². The molecule has 138 valence electrons. The normalized spacial score (nSPS) is 13.2. The summed E-state index contributed by atoms with van der Waals surface area (Å²) in [5, 5.41) is 13.4. The second-order valence-corrected chi connectivity index (χ2v) is 6.57. The Labute approximate surface area is 155 Å². The van der Waals surface area contributed by atoms with Crippen molar-refractivity contribution in [2.75, 3.05) is 11.9 Å². The van der Waals surface area contributed by atoms with E-state index in [2.05, 4.69) is 20.1 Å². The zero-order chi connectivity index (χ0) is 18.8. The third-order valence-corrected chi connectivity index (χ3v) is 4.67. The summed E-state index contributed by atoms with van der Waals surface area (Å²) in [4.78, 5) is 26.2. The highest BCUT2D eigenvalue weighted by Crippen LogP contribution is 2.26.